The molecule has 1 N–H and O–H groups in total. The molecule has 0 bridgehead atoms. The summed E-state index contributed by atoms with van der Waals surface area (Å²) in [6.07, 6.45) is 7.17. The number of aliphatic hydroxyl groups excluding tert-OH is 1. The highest BCUT2D eigenvalue weighted by atomic mass is 32.1. The molecule has 2 aromatic rings. The van der Waals surface area contributed by atoms with Crippen LogP contribution < -0.4 is 4.90 Å². The van der Waals surface area contributed by atoms with Crippen LogP contribution in [0, 0.1) is 0 Å². The monoisotopic (exact) mass is 293 g/mol. The number of aliphatic hydroxyl groups is 1. The number of fused-ring (bicyclic) bond motifs is 2. The maximum absolute atomic E-state index is 9.74. The fourth-order valence-corrected chi connectivity index (χ4v) is 4.29. The van der Waals surface area contributed by atoms with Gasteiger partial charge in [-0.05, 0) is 12.8 Å². The highest BCUT2D eigenvalue weighted by Gasteiger charge is 2.36. The summed E-state index contributed by atoms with van der Waals surface area (Å²) < 4.78 is 7.93. The van der Waals surface area contributed by atoms with Gasteiger partial charge in [0.05, 0.1) is 31.1 Å². The van der Waals surface area contributed by atoms with Crippen molar-refractivity contribution in [2.45, 2.75) is 44.4 Å². The number of aromatic nitrogens is 2. The zero-order valence-corrected chi connectivity index (χ0v) is 12.2. The van der Waals surface area contributed by atoms with Gasteiger partial charge in [-0.15, -0.1) is 11.3 Å². The summed E-state index contributed by atoms with van der Waals surface area (Å²) in [7, 11) is 0. The average Bonchev–Trinajstić information content (AvgIpc) is 3.06. The zero-order valence-electron chi connectivity index (χ0n) is 11.4. The van der Waals surface area contributed by atoms with E-state index in [-0.39, 0.29) is 6.61 Å². The summed E-state index contributed by atoms with van der Waals surface area (Å²) in [5, 5.41) is 11.7. The average molecular weight is 293 g/mol. The topological polar surface area (TPSA) is 50.0 Å². The third-order valence-electron chi connectivity index (χ3n) is 4.49. The first kappa shape index (κ1) is 12.6. The Balaban J connectivity index is 1.74. The normalized spacial score (nSPS) is 26.9. The van der Waals surface area contributed by atoms with E-state index >= 15 is 0 Å². The molecule has 3 heterocycles. The lowest BCUT2D eigenvalue weighted by Crippen LogP contribution is -2.53. The van der Waals surface area contributed by atoms with Gasteiger partial charge in [0.15, 0.2) is 10.8 Å². The molecule has 1 aliphatic heterocycles. The molecule has 2 unspecified atom stereocenters. The summed E-state index contributed by atoms with van der Waals surface area (Å²) in [4.78, 5) is 8.08. The van der Waals surface area contributed by atoms with Gasteiger partial charge in [-0.2, -0.15) is 0 Å². The number of nitrogens with zero attached hydrogens (tertiary/aromatic N) is 3. The van der Waals surface area contributed by atoms with Gasteiger partial charge in [0.2, 0.25) is 0 Å². The first-order valence-corrected chi connectivity index (χ1v) is 8.20. The van der Waals surface area contributed by atoms with E-state index in [1.807, 2.05) is 16.0 Å². The van der Waals surface area contributed by atoms with Crippen LogP contribution in [0.4, 0.5) is 5.82 Å². The molecule has 1 saturated heterocycles. The van der Waals surface area contributed by atoms with Crippen LogP contribution in [0.5, 0.6) is 0 Å². The maximum Gasteiger partial charge on any atom is 0.195 e. The summed E-state index contributed by atoms with van der Waals surface area (Å²) >= 11 is 1.61. The van der Waals surface area contributed by atoms with Gasteiger partial charge >= 0.3 is 0 Å². The molecule has 6 heteroatoms. The largest absolute Gasteiger partial charge is 0.390 e. The fourth-order valence-electron chi connectivity index (χ4n) is 3.56. The minimum Gasteiger partial charge on any atom is -0.390 e. The van der Waals surface area contributed by atoms with Gasteiger partial charge in [0, 0.05) is 18.1 Å². The predicted molar refractivity (Wildman–Crippen MR) is 78.3 cm³/mol. The number of imidazole rings is 1. The van der Waals surface area contributed by atoms with Crippen LogP contribution in [0.2, 0.25) is 0 Å². The first-order valence-electron chi connectivity index (χ1n) is 7.32. The standard InChI is InChI=1S/C14H19N3O2S/c18-9-11-13(15-14-17(11)6-8-20-14)16-5-7-19-12-4-2-1-3-10(12)16/h6,8,10,12,18H,1-5,7,9H2. The van der Waals surface area contributed by atoms with Crippen molar-refractivity contribution in [3.05, 3.63) is 17.3 Å². The number of anilines is 1. The molecule has 0 radical (unpaired) electrons. The fraction of sp³-hybridized carbons (Fsp3) is 0.643. The molecule has 0 spiro atoms. The SMILES string of the molecule is OCc1c(N2CCOC3CCCCC32)nc2sccn12. The van der Waals surface area contributed by atoms with E-state index in [4.69, 9.17) is 9.72 Å². The minimum absolute atomic E-state index is 0.0297. The Bertz CT molecular complexity index is 607. The smallest absolute Gasteiger partial charge is 0.195 e. The van der Waals surface area contributed by atoms with Gasteiger partial charge < -0.3 is 14.7 Å². The molecule has 1 saturated carbocycles. The zero-order chi connectivity index (χ0) is 13.5. The maximum atomic E-state index is 9.74. The lowest BCUT2D eigenvalue weighted by atomic mass is 9.90. The Morgan fingerprint density at radius 3 is 3.20 bits per heavy atom. The lowest BCUT2D eigenvalue weighted by Gasteiger charge is -2.44. The second kappa shape index (κ2) is 5.02. The van der Waals surface area contributed by atoms with Crippen molar-refractivity contribution < 1.29 is 9.84 Å². The Morgan fingerprint density at radius 2 is 2.30 bits per heavy atom. The van der Waals surface area contributed by atoms with Crippen LogP contribution in [0.1, 0.15) is 31.4 Å². The lowest BCUT2D eigenvalue weighted by molar-refractivity contribution is -0.00909. The van der Waals surface area contributed by atoms with Crippen LogP contribution in [0.15, 0.2) is 11.6 Å². The highest BCUT2D eigenvalue weighted by molar-refractivity contribution is 7.15. The van der Waals surface area contributed by atoms with E-state index in [1.54, 1.807) is 11.3 Å². The first-order chi connectivity index (χ1) is 9.88. The molecule has 2 atom stereocenters. The summed E-state index contributed by atoms with van der Waals surface area (Å²) in [5.41, 5.74) is 0.910. The van der Waals surface area contributed by atoms with E-state index in [0.29, 0.717) is 12.1 Å². The molecular formula is C14H19N3O2S. The van der Waals surface area contributed by atoms with E-state index in [0.717, 1.165) is 36.0 Å². The predicted octanol–water partition coefficient (Wildman–Crippen LogP) is 2.04. The molecule has 1 aliphatic carbocycles. The molecule has 2 aromatic heterocycles. The molecule has 0 amide bonds. The molecule has 5 nitrogen and oxygen atoms in total. The van der Waals surface area contributed by atoms with Crippen LogP contribution in [0.3, 0.4) is 0 Å². The number of hydrogen-bond donors (Lipinski definition) is 1. The van der Waals surface area contributed by atoms with Crippen molar-refractivity contribution in [1.29, 1.82) is 0 Å². The van der Waals surface area contributed by atoms with Gasteiger partial charge in [0.1, 0.15) is 0 Å². The van der Waals surface area contributed by atoms with E-state index in [1.165, 1.54) is 19.3 Å². The minimum atomic E-state index is 0.0297. The molecule has 0 aromatic carbocycles. The molecule has 20 heavy (non-hydrogen) atoms. The molecule has 4 rings (SSSR count). The number of morpholine rings is 1. The van der Waals surface area contributed by atoms with Crippen LogP contribution in [-0.2, 0) is 11.3 Å². The van der Waals surface area contributed by atoms with Crippen LogP contribution >= 0.6 is 11.3 Å². The van der Waals surface area contributed by atoms with Gasteiger partial charge in [-0.1, -0.05) is 12.8 Å². The Hall–Kier alpha value is -1.11. The second-order valence-corrected chi connectivity index (χ2v) is 6.42. The number of ether oxygens (including phenoxy) is 1. The number of thiazole rings is 1. The molecule has 2 fully saturated rings. The molecule has 108 valence electrons. The second-order valence-electron chi connectivity index (χ2n) is 5.55. The van der Waals surface area contributed by atoms with E-state index < -0.39 is 0 Å². The summed E-state index contributed by atoms with van der Waals surface area (Å²) in [5.74, 6) is 0.958. The van der Waals surface area contributed by atoms with E-state index in [2.05, 4.69) is 4.90 Å². The molecular weight excluding hydrogens is 274 g/mol. The van der Waals surface area contributed by atoms with Crippen molar-refractivity contribution in [3.63, 3.8) is 0 Å². The molecule has 2 aliphatic rings. The van der Waals surface area contributed by atoms with Crippen molar-refractivity contribution in [2.75, 3.05) is 18.1 Å². The van der Waals surface area contributed by atoms with Crippen LogP contribution in [-0.4, -0.2) is 39.8 Å². The summed E-state index contributed by atoms with van der Waals surface area (Å²) in [6.45, 7) is 1.66. The van der Waals surface area contributed by atoms with Crippen molar-refractivity contribution in [2.24, 2.45) is 0 Å². The Kier molecular flexibility index (Phi) is 3.17. The Morgan fingerprint density at radius 1 is 1.40 bits per heavy atom. The van der Waals surface area contributed by atoms with Crippen molar-refractivity contribution in [3.8, 4) is 0 Å². The highest BCUT2D eigenvalue weighted by Crippen LogP contribution is 2.34. The number of rotatable bonds is 2. The summed E-state index contributed by atoms with van der Waals surface area (Å²) in [6, 6.07) is 0.424. The van der Waals surface area contributed by atoms with Gasteiger partial charge in [-0.3, -0.25) is 4.40 Å². The van der Waals surface area contributed by atoms with Gasteiger partial charge in [0.25, 0.3) is 0 Å². The van der Waals surface area contributed by atoms with E-state index in [9.17, 15) is 5.11 Å². The van der Waals surface area contributed by atoms with Crippen molar-refractivity contribution in [1.82, 2.24) is 9.38 Å². The quantitative estimate of drug-likeness (QED) is 0.920. The van der Waals surface area contributed by atoms with Crippen LogP contribution in [0.25, 0.3) is 4.96 Å². The van der Waals surface area contributed by atoms with Gasteiger partial charge in [-0.25, -0.2) is 4.98 Å². The van der Waals surface area contributed by atoms with Crippen molar-refractivity contribution >= 4 is 22.1 Å². The third kappa shape index (κ3) is 1.86. The Labute approximate surface area is 121 Å². The number of hydrogen-bond acceptors (Lipinski definition) is 5. The third-order valence-corrected chi connectivity index (χ3v) is 5.25.